The highest BCUT2D eigenvalue weighted by atomic mass is 32.2. The molecule has 1 aromatic heterocycles. The van der Waals surface area contributed by atoms with E-state index in [-0.39, 0.29) is 5.91 Å². The third-order valence-corrected chi connectivity index (χ3v) is 3.29. The molecule has 0 atom stereocenters. The van der Waals surface area contributed by atoms with Crippen LogP contribution < -0.4 is 11.1 Å². The lowest BCUT2D eigenvalue weighted by Gasteiger charge is -2.07. The summed E-state index contributed by atoms with van der Waals surface area (Å²) in [7, 11) is 0. The van der Waals surface area contributed by atoms with E-state index in [1.165, 1.54) is 11.8 Å². The normalized spacial score (nSPS) is 10.6. The Morgan fingerprint density at radius 3 is 2.78 bits per heavy atom. The van der Waals surface area contributed by atoms with E-state index in [9.17, 15) is 4.79 Å². The second kappa shape index (κ2) is 8.10. The van der Waals surface area contributed by atoms with Crippen LogP contribution in [0.15, 0.2) is 5.16 Å². The molecule has 0 fully saturated rings. The van der Waals surface area contributed by atoms with E-state index in [4.69, 9.17) is 5.73 Å². The number of nitrogens with one attached hydrogen (secondary N) is 1. The molecule has 18 heavy (non-hydrogen) atoms. The fourth-order valence-electron chi connectivity index (χ4n) is 1.47. The molecule has 0 aliphatic carbocycles. The number of carbonyl (C=O) groups is 1. The molecule has 0 aromatic carbocycles. The van der Waals surface area contributed by atoms with Crippen LogP contribution in [-0.2, 0) is 17.9 Å². The van der Waals surface area contributed by atoms with Gasteiger partial charge in [-0.2, -0.15) is 0 Å². The molecule has 3 N–H and O–H groups in total. The molecule has 0 radical (unpaired) electrons. The minimum atomic E-state index is 0.0298. The number of rotatable bonds is 8. The summed E-state index contributed by atoms with van der Waals surface area (Å²) in [6.45, 7) is 6.03. The molecular formula is C11H21N5OS. The van der Waals surface area contributed by atoms with E-state index in [0.717, 1.165) is 36.9 Å². The summed E-state index contributed by atoms with van der Waals surface area (Å²) in [6, 6.07) is 0. The topological polar surface area (TPSA) is 85.8 Å². The Balaban J connectivity index is 2.55. The fourth-order valence-corrected chi connectivity index (χ4v) is 2.28. The fraction of sp³-hybridized carbons (Fsp3) is 0.727. The Kier molecular flexibility index (Phi) is 6.74. The summed E-state index contributed by atoms with van der Waals surface area (Å²) in [5.74, 6) is 1.17. The first-order chi connectivity index (χ1) is 8.72. The highest BCUT2D eigenvalue weighted by molar-refractivity contribution is 7.99. The highest BCUT2D eigenvalue weighted by Crippen LogP contribution is 2.17. The van der Waals surface area contributed by atoms with Crippen molar-refractivity contribution in [3.8, 4) is 0 Å². The largest absolute Gasteiger partial charge is 0.355 e. The van der Waals surface area contributed by atoms with E-state index in [2.05, 4.69) is 22.4 Å². The number of nitrogens with zero attached hydrogens (tertiary/aromatic N) is 3. The monoisotopic (exact) mass is 271 g/mol. The first-order valence-corrected chi connectivity index (χ1v) is 7.23. The summed E-state index contributed by atoms with van der Waals surface area (Å²) in [6.07, 6.45) is 1.93. The van der Waals surface area contributed by atoms with Crippen molar-refractivity contribution in [1.82, 2.24) is 20.1 Å². The molecule has 1 aromatic rings. The van der Waals surface area contributed by atoms with Crippen molar-refractivity contribution in [1.29, 1.82) is 0 Å². The number of carbonyl (C=O) groups excluding carboxylic acids is 1. The molecule has 0 aliphatic heterocycles. The van der Waals surface area contributed by atoms with Crippen LogP contribution >= 0.6 is 11.8 Å². The zero-order valence-electron chi connectivity index (χ0n) is 11.0. The van der Waals surface area contributed by atoms with Gasteiger partial charge >= 0.3 is 0 Å². The molecular weight excluding hydrogens is 250 g/mol. The van der Waals surface area contributed by atoms with Crippen molar-refractivity contribution in [3.63, 3.8) is 0 Å². The average Bonchev–Trinajstić information content (AvgIpc) is 2.76. The second-order valence-electron chi connectivity index (χ2n) is 3.89. The molecule has 0 unspecified atom stereocenters. The Hall–Kier alpha value is -1.08. The van der Waals surface area contributed by atoms with Crippen LogP contribution in [0.2, 0.25) is 0 Å². The summed E-state index contributed by atoms with van der Waals surface area (Å²) >= 11 is 1.40. The first-order valence-electron chi connectivity index (χ1n) is 6.24. The molecule has 6 nitrogen and oxygen atoms in total. The zero-order chi connectivity index (χ0) is 13.4. The Morgan fingerprint density at radius 2 is 2.17 bits per heavy atom. The van der Waals surface area contributed by atoms with Crippen LogP contribution in [0, 0.1) is 0 Å². The van der Waals surface area contributed by atoms with Gasteiger partial charge in [-0.3, -0.25) is 4.79 Å². The average molecular weight is 271 g/mol. The summed E-state index contributed by atoms with van der Waals surface area (Å²) in [5, 5.41) is 11.7. The first kappa shape index (κ1) is 15.0. The molecule has 0 bridgehead atoms. The van der Waals surface area contributed by atoms with Crippen LogP contribution in [0.1, 0.15) is 32.5 Å². The molecule has 1 heterocycles. The molecule has 1 amide bonds. The second-order valence-corrected chi connectivity index (χ2v) is 4.84. The van der Waals surface area contributed by atoms with Gasteiger partial charge in [0, 0.05) is 13.1 Å². The van der Waals surface area contributed by atoms with E-state index in [1.54, 1.807) is 0 Å². The van der Waals surface area contributed by atoms with Gasteiger partial charge in [-0.15, -0.1) is 10.2 Å². The predicted octanol–water partition coefficient (Wildman–Crippen LogP) is 0.765. The van der Waals surface area contributed by atoms with Crippen LogP contribution in [0.25, 0.3) is 0 Å². The van der Waals surface area contributed by atoms with Crippen molar-refractivity contribution in [3.05, 3.63) is 5.82 Å². The van der Waals surface area contributed by atoms with Crippen LogP contribution in [0.4, 0.5) is 0 Å². The predicted molar refractivity (Wildman–Crippen MR) is 72.2 cm³/mol. The van der Waals surface area contributed by atoms with Gasteiger partial charge in [0.15, 0.2) is 5.16 Å². The number of amides is 1. The molecule has 0 aliphatic rings. The quantitative estimate of drug-likeness (QED) is 0.682. The number of hydrogen-bond donors (Lipinski definition) is 2. The lowest BCUT2D eigenvalue weighted by Crippen LogP contribution is -2.25. The maximum Gasteiger partial charge on any atom is 0.230 e. The van der Waals surface area contributed by atoms with E-state index in [0.29, 0.717) is 12.3 Å². The molecule has 1 rings (SSSR count). The van der Waals surface area contributed by atoms with E-state index >= 15 is 0 Å². The molecule has 0 spiro atoms. The van der Waals surface area contributed by atoms with Gasteiger partial charge < -0.3 is 15.6 Å². The van der Waals surface area contributed by atoms with Crippen molar-refractivity contribution in [2.45, 2.75) is 44.9 Å². The van der Waals surface area contributed by atoms with Crippen molar-refractivity contribution < 1.29 is 4.79 Å². The number of hydrogen-bond acceptors (Lipinski definition) is 5. The summed E-state index contributed by atoms with van der Waals surface area (Å²) in [4.78, 5) is 11.5. The van der Waals surface area contributed by atoms with Crippen LogP contribution in [0.3, 0.4) is 0 Å². The maximum absolute atomic E-state index is 11.5. The Labute approximate surface area is 112 Å². The third-order valence-electron chi connectivity index (χ3n) is 2.33. The van der Waals surface area contributed by atoms with Gasteiger partial charge in [0.25, 0.3) is 0 Å². The Morgan fingerprint density at radius 1 is 1.39 bits per heavy atom. The standard InChI is InChI=1S/C11H21N5OS/c1-3-5-13-10(17)8-18-11-15-14-9(7-12)16(11)6-4-2/h3-8,12H2,1-2H3,(H,13,17). The van der Waals surface area contributed by atoms with Crippen LogP contribution in [-0.4, -0.2) is 33.0 Å². The third kappa shape index (κ3) is 4.30. The maximum atomic E-state index is 11.5. The Bertz CT molecular complexity index is 380. The minimum absolute atomic E-state index is 0.0298. The molecule has 0 saturated carbocycles. The number of aromatic nitrogens is 3. The smallest absolute Gasteiger partial charge is 0.230 e. The van der Waals surface area contributed by atoms with Gasteiger partial charge in [0.2, 0.25) is 5.91 Å². The van der Waals surface area contributed by atoms with Crippen molar-refractivity contribution in [2.75, 3.05) is 12.3 Å². The summed E-state index contributed by atoms with van der Waals surface area (Å²) < 4.78 is 1.98. The molecule has 7 heteroatoms. The van der Waals surface area contributed by atoms with Crippen molar-refractivity contribution in [2.24, 2.45) is 5.73 Å². The van der Waals surface area contributed by atoms with Gasteiger partial charge in [-0.05, 0) is 12.8 Å². The molecule has 0 saturated heterocycles. The van der Waals surface area contributed by atoms with E-state index in [1.807, 2.05) is 11.5 Å². The van der Waals surface area contributed by atoms with E-state index < -0.39 is 0 Å². The highest BCUT2D eigenvalue weighted by Gasteiger charge is 2.12. The zero-order valence-corrected chi connectivity index (χ0v) is 11.8. The van der Waals surface area contributed by atoms with Gasteiger partial charge in [0.05, 0.1) is 12.3 Å². The van der Waals surface area contributed by atoms with Gasteiger partial charge in [-0.1, -0.05) is 25.6 Å². The summed E-state index contributed by atoms with van der Waals surface area (Å²) in [5.41, 5.74) is 5.60. The molecule has 102 valence electrons. The SMILES string of the molecule is CCCNC(=O)CSc1nnc(CN)n1CCC. The lowest BCUT2D eigenvalue weighted by atomic mass is 10.4. The van der Waals surface area contributed by atoms with Gasteiger partial charge in [-0.25, -0.2) is 0 Å². The van der Waals surface area contributed by atoms with Crippen molar-refractivity contribution >= 4 is 17.7 Å². The lowest BCUT2D eigenvalue weighted by molar-refractivity contribution is -0.118. The van der Waals surface area contributed by atoms with Gasteiger partial charge in [0.1, 0.15) is 5.82 Å². The minimum Gasteiger partial charge on any atom is -0.355 e. The van der Waals surface area contributed by atoms with Crippen LogP contribution in [0.5, 0.6) is 0 Å². The number of nitrogens with two attached hydrogens (primary N) is 1. The number of thioether (sulfide) groups is 1.